The number of piperidine rings is 1. The second-order valence-electron chi connectivity index (χ2n) is 7.50. The van der Waals surface area contributed by atoms with Gasteiger partial charge in [-0.3, -0.25) is 4.79 Å². The van der Waals surface area contributed by atoms with Gasteiger partial charge in [0.05, 0.1) is 5.56 Å². The number of rotatable bonds is 2. The van der Waals surface area contributed by atoms with Crippen molar-refractivity contribution in [3.63, 3.8) is 0 Å². The number of halogens is 3. The Morgan fingerprint density at radius 3 is 2.63 bits per heavy atom. The monoisotopic (exact) mass is 377 g/mol. The summed E-state index contributed by atoms with van der Waals surface area (Å²) in [5.41, 5.74) is -0.414. The summed E-state index contributed by atoms with van der Waals surface area (Å²) in [6, 6.07) is 8.39. The number of nitrogens with zero attached hydrogens (tertiary/aromatic N) is 1. The Kier molecular flexibility index (Phi) is 4.74. The van der Waals surface area contributed by atoms with E-state index in [0.717, 1.165) is 37.9 Å². The van der Waals surface area contributed by atoms with E-state index in [1.54, 1.807) is 18.2 Å². The molecule has 2 atom stereocenters. The van der Waals surface area contributed by atoms with E-state index in [4.69, 9.17) is 4.42 Å². The number of hydrogen-bond donors (Lipinski definition) is 0. The van der Waals surface area contributed by atoms with E-state index >= 15 is 0 Å². The molecular formula is C21H22F3NO2. The van der Waals surface area contributed by atoms with Crippen molar-refractivity contribution in [2.75, 3.05) is 6.54 Å². The van der Waals surface area contributed by atoms with Gasteiger partial charge in [-0.25, -0.2) is 0 Å². The van der Waals surface area contributed by atoms with Gasteiger partial charge in [0.2, 0.25) is 0 Å². The number of benzene rings is 1. The zero-order chi connectivity index (χ0) is 19.0. The fraction of sp³-hybridized carbons (Fsp3) is 0.476. The Labute approximate surface area is 156 Å². The van der Waals surface area contributed by atoms with E-state index in [1.807, 2.05) is 4.90 Å². The third kappa shape index (κ3) is 3.62. The number of carbonyl (C=O) groups excluding carboxylic acids is 1. The topological polar surface area (TPSA) is 33.5 Å². The molecule has 0 bridgehead atoms. The van der Waals surface area contributed by atoms with E-state index in [-0.39, 0.29) is 23.5 Å². The van der Waals surface area contributed by atoms with Gasteiger partial charge in [-0.2, -0.15) is 13.2 Å². The van der Waals surface area contributed by atoms with Crippen molar-refractivity contribution in [3.8, 4) is 11.3 Å². The number of furan rings is 1. The first-order chi connectivity index (χ1) is 12.9. The van der Waals surface area contributed by atoms with Crippen molar-refractivity contribution in [2.45, 2.75) is 50.7 Å². The molecule has 1 saturated carbocycles. The summed E-state index contributed by atoms with van der Waals surface area (Å²) < 4.78 is 44.5. The average Bonchev–Trinajstić information content (AvgIpc) is 3.17. The maximum absolute atomic E-state index is 13.0. The van der Waals surface area contributed by atoms with Crippen LogP contribution in [0.15, 0.2) is 40.8 Å². The van der Waals surface area contributed by atoms with Crippen LogP contribution in [0.5, 0.6) is 0 Å². The highest BCUT2D eigenvalue weighted by molar-refractivity contribution is 5.92. The molecule has 1 amide bonds. The van der Waals surface area contributed by atoms with Crippen LogP contribution in [0, 0.1) is 5.92 Å². The summed E-state index contributed by atoms with van der Waals surface area (Å²) in [5, 5.41) is 0. The zero-order valence-electron chi connectivity index (χ0n) is 15.0. The van der Waals surface area contributed by atoms with Crippen molar-refractivity contribution in [2.24, 2.45) is 5.92 Å². The molecule has 27 heavy (non-hydrogen) atoms. The largest absolute Gasteiger partial charge is 0.451 e. The molecule has 1 aliphatic heterocycles. The minimum Gasteiger partial charge on any atom is -0.451 e. The van der Waals surface area contributed by atoms with Crippen LogP contribution in [-0.4, -0.2) is 23.4 Å². The standard InChI is InChI=1S/C21H22F3NO2/c22-21(23,24)16-8-3-6-15(13-16)18-10-11-19(27-18)20(26)25-12-4-7-14-5-1-2-9-17(14)25/h3,6,8,10-11,13-14,17H,1-2,4-5,7,9,12H2/t14-,17-/m0/s1. The second-order valence-corrected chi connectivity index (χ2v) is 7.50. The maximum Gasteiger partial charge on any atom is 0.416 e. The van der Waals surface area contributed by atoms with Gasteiger partial charge in [0.25, 0.3) is 5.91 Å². The molecule has 0 spiro atoms. The van der Waals surface area contributed by atoms with Crippen molar-refractivity contribution in [1.29, 1.82) is 0 Å². The Bertz CT molecular complexity index is 825. The minimum absolute atomic E-state index is 0.148. The van der Waals surface area contributed by atoms with Crippen LogP contribution >= 0.6 is 0 Å². The fourth-order valence-electron chi connectivity index (χ4n) is 4.48. The number of likely N-dealkylation sites (tertiary alicyclic amines) is 1. The highest BCUT2D eigenvalue weighted by Gasteiger charge is 2.37. The van der Waals surface area contributed by atoms with Crippen molar-refractivity contribution < 1.29 is 22.4 Å². The summed E-state index contributed by atoms with van der Waals surface area (Å²) in [4.78, 5) is 14.9. The van der Waals surface area contributed by atoms with Gasteiger partial charge in [0.15, 0.2) is 5.76 Å². The van der Waals surface area contributed by atoms with Gasteiger partial charge >= 0.3 is 6.18 Å². The molecule has 6 heteroatoms. The molecule has 2 aromatic rings. The van der Waals surface area contributed by atoms with Crippen LogP contribution < -0.4 is 0 Å². The number of hydrogen-bond acceptors (Lipinski definition) is 2. The Morgan fingerprint density at radius 2 is 1.81 bits per heavy atom. The molecule has 2 heterocycles. The van der Waals surface area contributed by atoms with E-state index in [2.05, 4.69) is 0 Å². The van der Waals surface area contributed by atoms with E-state index in [0.29, 0.717) is 11.5 Å². The molecular weight excluding hydrogens is 355 g/mol. The zero-order valence-corrected chi connectivity index (χ0v) is 15.0. The highest BCUT2D eigenvalue weighted by Crippen LogP contribution is 2.37. The predicted molar refractivity (Wildman–Crippen MR) is 95.2 cm³/mol. The molecule has 2 fully saturated rings. The molecule has 1 aliphatic carbocycles. The Balaban J connectivity index is 1.56. The van der Waals surface area contributed by atoms with Crippen molar-refractivity contribution in [3.05, 3.63) is 47.7 Å². The quantitative estimate of drug-likeness (QED) is 0.667. The van der Waals surface area contributed by atoms with Gasteiger partial charge in [-0.1, -0.05) is 25.0 Å². The smallest absolute Gasteiger partial charge is 0.416 e. The van der Waals surface area contributed by atoms with Crippen LogP contribution in [0.1, 0.15) is 54.6 Å². The summed E-state index contributed by atoms with van der Waals surface area (Å²) in [6.45, 7) is 0.722. The Hall–Kier alpha value is -2.24. The van der Waals surface area contributed by atoms with Crippen LogP contribution in [0.25, 0.3) is 11.3 Å². The third-order valence-electron chi connectivity index (χ3n) is 5.80. The number of amides is 1. The first kappa shape index (κ1) is 18.1. The minimum atomic E-state index is -4.41. The molecule has 4 rings (SSSR count). The molecule has 0 unspecified atom stereocenters. The van der Waals surface area contributed by atoms with E-state index in [1.165, 1.54) is 25.3 Å². The predicted octanol–water partition coefficient (Wildman–Crippen LogP) is 5.76. The molecule has 0 N–H and O–H groups in total. The van der Waals surface area contributed by atoms with Gasteiger partial charge in [0, 0.05) is 18.2 Å². The molecule has 3 nitrogen and oxygen atoms in total. The fourth-order valence-corrected chi connectivity index (χ4v) is 4.48. The van der Waals surface area contributed by atoms with Crippen LogP contribution in [0.4, 0.5) is 13.2 Å². The lowest BCUT2D eigenvalue weighted by atomic mass is 9.78. The summed E-state index contributed by atoms with van der Waals surface area (Å²) in [5.74, 6) is 0.898. The highest BCUT2D eigenvalue weighted by atomic mass is 19.4. The molecule has 1 saturated heterocycles. The first-order valence-corrected chi connectivity index (χ1v) is 9.52. The summed E-state index contributed by atoms with van der Waals surface area (Å²) in [7, 11) is 0. The Morgan fingerprint density at radius 1 is 1.04 bits per heavy atom. The van der Waals surface area contributed by atoms with E-state index in [9.17, 15) is 18.0 Å². The number of alkyl halides is 3. The molecule has 0 radical (unpaired) electrons. The number of fused-ring (bicyclic) bond motifs is 1. The lowest BCUT2D eigenvalue weighted by molar-refractivity contribution is -0.137. The molecule has 144 valence electrons. The first-order valence-electron chi connectivity index (χ1n) is 9.52. The van der Waals surface area contributed by atoms with Gasteiger partial charge in [0.1, 0.15) is 5.76 Å². The average molecular weight is 377 g/mol. The van der Waals surface area contributed by atoms with Crippen LogP contribution in [0.2, 0.25) is 0 Å². The lowest BCUT2D eigenvalue weighted by Gasteiger charge is -2.43. The summed E-state index contributed by atoms with van der Waals surface area (Å²) >= 11 is 0. The third-order valence-corrected chi connectivity index (χ3v) is 5.80. The van der Waals surface area contributed by atoms with Crippen molar-refractivity contribution >= 4 is 5.91 Å². The van der Waals surface area contributed by atoms with Crippen LogP contribution in [-0.2, 0) is 6.18 Å². The van der Waals surface area contributed by atoms with Gasteiger partial charge in [-0.15, -0.1) is 0 Å². The van der Waals surface area contributed by atoms with Crippen LogP contribution in [0.3, 0.4) is 0 Å². The second kappa shape index (κ2) is 7.06. The summed E-state index contributed by atoms with van der Waals surface area (Å²) in [6.07, 6.45) is 2.31. The van der Waals surface area contributed by atoms with E-state index < -0.39 is 11.7 Å². The molecule has 1 aromatic carbocycles. The van der Waals surface area contributed by atoms with Gasteiger partial charge in [-0.05, 0) is 55.9 Å². The SMILES string of the molecule is O=C(c1ccc(-c2cccc(C(F)(F)F)c2)o1)N1CCC[C@@H]2CCCC[C@@H]21. The lowest BCUT2D eigenvalue weighted by Crippen LogP contribution is -2.49. The maximum atomic E-state index is 13.0. The van der Waals surface area contributed by atoms with Crippen molar-refractivity contribution in [1.82, 2.24) is 4.90 Å². The van der Waals surface area contributed by atoms with Gasteiger partial charge < -0.3 is 9.32 Å². The molecule has 2 aliphatic rings. The normalized spacial score (nSPS) is 23.1. The number of carbonyl (C=O) groups is 1. The molecule has 1 aromatic heterocycles.